The minimum Gasteiger partial charge on any atom is -0.377 e. The van der Waals surface area contributed by atoms with Gasteiger partial charge in [-0.15, -0.1) is 0 Å². The van der Waals surface area contributed by atoms with Crippen molar-refractivity contribution < 1.29 is 5.11 Å². The molecule has 1 heterocycles. The molecule has 1 aromatic heterocycles. The second-order valence-corrected chi connectivity index (χ2v) is 2.61. The van der Waals surface area contributed by atoms with Crippen molar-refractivity contribution in [2.75, 3.05) is 12.0 Å². The first-order valence-corrected chi connectivity index (χ1v) is 3.58. The van der Waals surface area contributed by atoms with Gasteiger partial charge in [-0.25, -0.2) is 4.98 Å². The predicted octanol–water partition coefficient (Wildman–Crippen LogP) is 1.21. The predicted molar refractivity (Wildman–Crippen MR) is 42.6 cm³/mol. The largest absolute Gasteiger partial charge is 0.377 e. The maximum atomic E-state index is 8.43. The minimum absolute atomic E-state index is 0.0887. The number of hydrogen-bond acceptors (Lipinski definition) is 3. The Kier molecular flexibility index (Phi) is 2.65. The molecule has 0 fully saturated rings. The number of nitrogens with zero attached hydrogens (tertiary/aromatic N) is 1. The van der Waals surface area contributed by atoms with E-state index < -0.39 is 0 Å². The molecule has 1 aromatic rings. The number of aliphatic hydroxyl groups excluding tert-OH is 1. The van der Waals surface area contributed by atoms with Crippen molar-refractivity contribution in [2.45, 2.75) is 0 Å². The lowest BCUT2D eigenvalue weighted by Gasteiger charge is -1.98. The Morgan fingerprint density at radius 1 is 1.60 bits per heavy atom. The van der Waals surface area contributed by atoms with Crippen LogP contribution in [0, 0.1) is 0 Å². The topological polar surface area (TPSA) is 45.1 Å². The monoisotopic (exact) mass is 202 g/mol. The first-order valence-electron chi connectivity index (χ1n) is 2.79. The van der Waals surface area contributed by atoms with Crippen molar-refractivity contribution in [3.63, 3.8) is 0 Å². The maximum absolute atomic E-state index is 8.43. The molecule has 3 nitrogen and oxygen atoms in total. The van der Waals surface area contributed by atoms with E-state index in [-0.39, 0.29) is 6.73 Å². The van der Waals surface area contributed by atoms with E-state index in [1.54, 1.807) is 12.3 Å². The van der Waals surface area contributed by atoms with E-state index in [2.05, 4.69) is 26.2 Å². The summed E-state index contributed by atoms with van der Waals surface area (Å²) < 4.78 is 0.927. The molecule has 0 aromatic carbocycles. The average molecular weight is 203 g/mol. The van der Waals surface area contributed by atoms with Crippen LogP contribution in [0.2, 0.25) is 0 Å². The van der Waals surface area contributed by atoms with Crippen molar-refractivity contribution in [2.24, 2.45) is 0 Å². The summed E-state index contributed by atoms with van der Waals surface area (Å²) in [5.41, 5.74) is 0. The second kappa shape index (κ2) is 3.53. The standard InChI is InChI=1S/C6H7BrN2O/c7-5-1-2-6(8-3-5)9-4-10/h1-3,10H,4H2,(H,8,9). The van der Waals surface area contributed by atoms with Gasteiger partial charge in [-0.1, -0.05) is 0 Å². The second-order valence-electron chi connectivity index (χ2n) is 1.70. The van der Waals surface area contributed by atoms with Gasteiger partial charge in [0.05, 0.1) is 0 Å². The zero-order valence-corrected chi connectivity index (χ0v) is 6.80. The fourth-order valence-electron chi connectivity index (χ4n) is 0.561. The van der Waals surface area contributed by atoms with Crippen LogP contribution in [0.15, 0.2) is 22.8 Å². The zero-order chi connectivity index (χ0) is 7.40. The summed E-state index contributed by atoms with van der Waals surface area (Å²) in [6.45, 7) is -0.0887. The van der Waals surface area contributed by atoms with Gasteiger partial charge in [0.1, 0.15) is 12.5 Å². The van der Waals surface area contributed by atoms with Crippen molar-refractivity contribution >= 4 is 21.7 Å². The number of aliphatic hydroxyl groups is 1. The highest BCUT2D eigenvalue weighted by atomic mass is 79.9. The van der Waals surface area contributed by atoms with Gasteiger partial charge >= 0.3 is 0 Å². The molecule has 2 N–H and O–H groups in total. The number of pyridine rings is 1. The smallest absolute Gasteiger partial charge is 0.127 e. The molecule has 0 saturated carbocycles. The fraction of sp³-hybridized carbons (Fsp3) is 0.167. The van der Waals surface area contributed by atoms with Crippen molar-refractivity contribution in [3.05, 3.63) is 22.8 Å². The molecule has 0 spiro atoms. The van der Waals surface area contributed by atoms with Crippen LogP contribution in [0.25, 0.3) is 0 Å². The van der Waals surface area contributed by atoms with Gasteiger partial charge in [0.15, 0.2) is 0 Å². The Bertz CT molecular complexity index is 199. The van der Waals surface area contributed by atoms with Gasteiger partial charge in [0.25, 0.3) is 0 Å². The van der Waals surface area contributed by atoms with Crippen LogP contribution in [0.3, 0.4) is 0 Å². The highest BCUT2D eigenvalue weighted by molar-refractivity contribution is 9.10. The van der Waals surface area contributed by atoms with Crippen LogP contribution in [0.1, 0.15) is 0 Å². The third-order valence-electron chi connectivity index (χ3n) is 0.988. The first kappa shape index (κ1) is 7.50. The van der Waals surface area contributed by atoms with Crippen LogP contribution >= 0.6 is 15.9 Å². The van der Waals surface area contributed by atoms with E-state index in [9.17, 15) is 0 Å². The third-order valence-corrected chi connectivity index (χ3v) is 1.46. The Balaban J connectivity index is 2.69. The van der Waals surface area contributed by atoms with Crippen molar-refractivity contribution in [1.82, 2.24) is 4.98 Å². The van der Waals surface area contributed by atoms with Gasteiger partial charge < -0.3 is 10.4 Å². The Hall–Kier alpha value is -0.610. The van der Waals surface area contributed by atoms with Gasteiger partial charge in [0, 0.05) is 10.7 Å². The number of rotatable bonds is 2. The molecule has 0 bridgehead atoms. The lowest BCUT2D eigenvalue weighted by Crippen LogP contribution is -2.00. The molecule has 0 radical (unpaired) electrons. The summed E-state index contributed by atoms with van der Waals surface area (Å²) in [4.78, 5) is 3.95. The van der Waals surface area contributed by atoms with E-state index in [1.807, 2.05) is 6.07 Å². The molecule has 0 atom stereocenters. The number of aromatic nitrogens is 1. The van der Waals surface area contributed by atoms with Gasteiger partial charge in [-0.2, -0.15) is 0 Å². The first-order chi connectivity index (χ1) is 4.83. The van der Waals surface area contributed by atoms with Crippen molar-refractivity contribution in [3.8, 4) is 0 Å². The highest BCUT2D eigenvalue weighted by Gasteiger charge is 1.89. The molecule has 10 heavy (non-hydrogen) atoms. The Morgan fingerprint density at radius 3 is 2.90 bits per heavy atom. The molecular weight excluding hydrogens is 196 g/mol. The molecule has 0 aliphatic carbocycles. The normalized spacial score (nSPS) is 9.40. The number of nitrogens with one attached hydrogen (secondary N) is 1. The molecule has 1 rings (SSSR count). The number of halogens is 1. The van der Waals surface area contributed by atoms with Gasteiger partial charge in [0.2, 0.25) is 0 Å². The summed E-state index contributed by atoms with van der Waals surface area (Å²) in [6, 6.07) is 3.63. The van der Waals surface area contributed by atoms with E-state index >= 15 is 0 Å². The molecule has 0 aliphatic heterocycles. The lowest BCUT2D eigenvalue weighted by atomic mass is 10.5. The van der Waals surface area contributed by atoms with Crippen LogP contribution in [0.4, 0.5) is 5.82 Å². The Morgan fingerprint density at radius 2 is 2.40 bits per heavy atom. The molecule has 0 aliphatic rings. The summed E-state index contributed by atoms with van der Waals surface area (Å²) in [5, 5.41) is 11.1. The molecular formula is C6H7BrN2O. The van der Waals surface area contributed by atoms with Crippen LogP contribution in [-0.4, -0.2) is 16.8 Å². The van der Waals surface area contributed by atoms with E-state index in [0.717, 1.165) is 4.47 Å². The minimum atomic E-state index is -0.0887. The van der Waals surface area contributed by atoms with Crippen LogP contribution < -0.4 is 5.32 Å². The molecule has 54 valence electrons. The summed E-state index contributed by atoms with van der Waals surface area (Å²) in [6.07, 6.45) is 1.66. The molecule has 0 amide bonds. The maximum Gasteiger partial charge on any atom is 0.127 e. The van der Waals surface area contributed by atoms with Crippen LogP contribution in [0.5, 0.6) is 0 Å². The van der Waals surface area contributed by atoms with Crippen LogP contribution in [-0.2, 0) is 0 Å². The third kappa shape index (κ3) is 1.97. The zero-order valence-electron chi connectivity index (χ0n) is 5.21. The van der Waals surface area contributed by atoms with E-state index in [0.29, 0.717) is 5.82 Å². The van der Waals surface area contributed by atoms with Crippen molar-refractivity contribution in [1.29, 1.82) is 0 Å². The Labute approximate surface area is 67.2 Å². The average Bonchev–Trinajstić information content (AvgIpc) is 1.95. The summed E-state index contributed by atoms with van der Waals surface area (Å²) in [5.74, 6) is 0.672. The number of hydrogen-bond donors (Lipinski definition) is 2. The lowest BCUT2D eigenvalue weighted by molar-refractivity contribution is 0.325. The quantitative estimate of drug-likeness (QED) is 0.710. The molecule has 0 saturated heterocycles. The molecule has 4 heteroatoms. The van der Waals surface area contributed by atoms with E-state index in [1.165, 1.54) is 0 Å². The van der Waals surface area contributed by atoms with E-state index in [4.69, 9.17) is 5.11 Å². The highest BCUT2D eigenvalue weighted by Crippen LogP contribution is 2.09. The van der Waals surface area contributed by atoms with Gasteiger partial charge in [-0.05, 0) is 28.1 Å². The fourth-order valence-corrected chi connectivity index (χ4v) is 0.796. The number of anilines is 1. The molecule has 0 unspecified atom stereocenters. The summed E-state index contributed by atoms with van der Waals surface area (Å²) in [7, 11) is 0. The summed E-state index contributed by atoms with van der Waals surface area (Å²) >= 11 is 3.24. The van der Waals surface area contributed by atoms with Gasteiger partial charge in [-0.3, -0.25) is 0 Å². The SMILES string of the molecule is OCNc1ccc(Br)cn1.